The summed E-state index contributed by atoms with van der Waals surface area (Å²) in [6.07, 6.45) is 2.00. The van der Waals surface area contributed by atoms with Crippen molar-refractivity contribution in [1.29, 1.82) is 15.8 Å². The SMILES string of the molecule is CN(C)P(Cl)Cl.C[CH-]C.N#Cc1ccc(Br)cc1.N#Cc1ccc([P+](=O)c2ccc(C#N)cc2)cc1.[Cl-].[Cl-].[H-].[Li+].[Mg+2]. The van der Waals surface area contributed by atoms with Crippen LogP contribution < -0.4 is 54.3 Å². The number of nitriles is 3. The maximum atomic E-state index is 12.2. The zero-order chi connectivity index (χ0) is 27.5. The van der Waals surface area contributed by atoms with E-state index in [-0.39, 0.29) is 68.2 Å². The number of nitrogens with zero attached hydrogens (tertiary/aromatic N) is 4. The minimum absolute atomic E-state index is 0. The molecule has 0 spiro atoms. The van der Waals surface area contributed by atoms with Crippen molar-refractivity contribution in [2.24, 2.45) is 0 Å². The Morgan fingerprint density at radius 3 is 1.20 bits per heavy atom. The largest absolute Gasteiger partial charge is 2.00 e. The fourth-order valence-corrected chi connectivity index (χ4v) is 3.42. The molecule has 5 nitrogen and oxygen atoms in total. The van der Waals surface area contributed by atoms with Gasteiger partial charge < -0.3 is 32.7 Å². The normalized spacial score (nSPS) is 8.15. The zero-order valence-electron chi connectivity index (χ0n) is 23.7. The third-order valence-corrected chi connectivity index (χ3v) is 8.22. The smallest absolute Gasteiger partial charge is 1.00 e. The molecule has 0 unspecified atom stereocenters. The second kappa shape index (κ2) is 30.1. The van der Waals surface area contributed by atoms with Crippen LogP contribution in [-0.4, -0.2) is 41.8 Å². The molecule has 0 amide bonds. The first kappa shape index (κ1) is 49.3. The molecule has 0 saturated heterocycles. The number of benzene rings is 3. The van der Waals surface area contributed by atoms with Gasteiger partial charge in [-0.2, -0.15) is 29.6 Å². The summed E-state index contributed by atoms with van der Waals surface area (Å²) in [5, 5.41) is 27.1. The van der Waals surface area contributed by atoms with E-state index in [4.69, 9.17) is 38.3 Å². The van der Waals surface area contributed by atoms with Crippen LogP contribution in [0.5, 0.6) is 0 Å². The van der Waals surface area contributed by atoms with Gasteiger partial charge in [-0.3, -0.25) is 4.67 Å². The van der Waals surface area contributed by atoms with Gasteiger partial charge in [0, 0.05) is 4.47 Å². The van der Waals surface area contributed by atoms with Crippen molar-refractivity contribution >= 4 is 86.7 Å². The third kappa shape index (κ3) is 22.3. The molecular weight excluding hydrogens is 699 g/mol. The molecule has 14 heteroatoms. The Morgan fingerprint density at radius 2 is 1.00 bits per heavy atom. The summed E-state index contributed by atoms with van der Waals surface area (Å²) in [6.45, 7) is 3.12. The average molecular weight is 725 g/mol. The molecule has 0 saturated carbocycles. The summed E-state index contributed by atoms with van der Waals surface area (Å²) in [4.78, 5) is 0. The van der Waals surface area contributed by atoms with Crippen molar-refractivity contribution in [3.05, 3.63) is 100 Å². The Kier molecular flexibility index (Phi) is 37.1. The molecule has 3 aromatic carbocycles. The summed E-state index contributed by atoms with van der Waals surface area (Å²) < 4.78 is 15.0. The topological polar surface area (TPSA) is 91.7 Å². The Morgan fingerprint density at radius 1 is 0.775 bits per heavy atom. The van der Waals surface area contributed by atoms with Gasteiger partial charge in [0.2, 0.25) is 0 Å². The molecule has 3 rings (SSSR count). The Labute approximate surface area is 300 Å². The van der Waals surface area contributed by atoms with Crippen molar-refractivity contribution in [3.8, 4) is 18.2 Å². The second-order valence-corrected chi connectivity index (χ2v) is 13.1. The van der Waals surface area contributed by atoms with Gasteiger partial charge in [-0.1, -0.05) is 43.0 Å². The van der Waals surface area contributed by atoms with Crippen LogP contribution in [0.25, 0.3) is 0 Å². The number of halogens is 5. The molecule has 3 aromatic rings. The van der Waals surface area contributed by atoms with Crippen LogP contribution in [0.15, 0.2) is 77.3 Å². The van der Waals surface area contributed by atoms with Crippen LogP contribution in [0.3, 0.4) is 0 Å². The number of hydrogen-bond acceptors (Lipinski definition) is 5. The van der Waals surface area contributed by atoms with Crippen molar-refractivity contribution in [3.63, 3.8) is 0 Å². The van der Waals surface area contributed by atoms with Gasteiger partial charge >= 0.3 is 49.7 Å². The summed E-state index contributed by atoms with van der Waals surface area (Å²) in [6, 6.07) is 26.6. The van der Waals surface area contributed by atoms with E-state index in [0.29, 0.717) is 27.3 Å². The van der Waals surface area contributed by atoms with E-state index in [9.17, 15) is 4.57 Å². The maximum absolute atomic E-state index is 12.2. The first-order valence-electron chi connectivity index (χ1n) is 10.3. The van der Waals surface area contributed by atoms with E-state index in [1.54, 1.807) is 65.3 Å². The standard InChI is InChI=1S/C14H8N2OP.C7H4BrN.C3H7.C2H6Cl2NP.2ClH.Li.Mg.H/c15-9-11-1-5-13(6-2-11)18(17)14-7-3-12(10-16)4-8-14;8-7-3-1-6(5-9)2-4-7;1-3-2;1-5(2)6(3)4;;;;;/h1-8H;1-4H;3H,1-2H3;1-2H3;2*1H;;;/q+1;;-1;;;;+1;+2;-1/p-2. The van der Waals surface area contributed by atoms with E-state index in [1.807, 2.05) is 64.7 Å². The third-order valence-electron chi connectivity index (χ3n) is 3.74. The molecule has 0 aliphatic carbocycles. The van der Waals surface area contributed by atoms with Crippen LogP contribution in [0.2, 0.25) is 0 Å². The Balaban J connectivity index is -0.000000114. The van der Waals surface area contributed by atoms with Crippen molar-refractivity contribution in [2.45, 2.75) is 13.8 Å². The van der Waals surface area contributed by atoms with Gasteiger partial charge in [-0.05, 0) is 86.9 Å². The molecule has 0 N–H and O–H groups in total. The molecule has 0 aliphatic rings. The maximum Gasteiger partial charge on any atom is 2.00 e. The fraction of sp³-hybridized carbons (Fsp3) is 0.154. The van der Waals surface area contributed by atoms with E-state index >= 15 is 0 Å². The summed E-state index contributed by atoms with van der Waals surface area (Å²) in [5.41, 5.74) is 1.78. The van der Waals surface area contributed by atoms with Crippen LogP contribution in [0.4, 0.5) is 0 Å². The predicted molar refractivity (Wildman–Crippen MR) is 163 cm³/mol. The molecule has 0 aliphatic heterocycles. The van der Waals surface area contributed by atoms with Gasteiger partial charge in [0.05, 0.1) is 34.9 Å². The van der Waals surface area contributed by atoms with Gasteiger partial charge in [0.1, 0.15) is 0 Å². The predicted octanol–water partition coefficient (Wildman–Crippen LogP) is -1.24. The van der Waals surface area contributed by atoms with Crippen molar-refractivity contribution in [1.82, 2.24) is 4.67 Å². The molecule has 40 heavy (non-hydrogen) atoms. The van der Waals surface area contributed by atoms with Crippen molar-refractivity contribution < 1.29 is 49.7 Å². The molecule has 0 heterocycles. The molecule has 0 atom stereocenters. The first-order valence-corrected chi connectivity index (χ1v) is 15.4. The Bertz CT molecular complexity index is 1150. The van der Waals surface area contributed by atoms with Gasteiger partial charge in [-0.25, -0.2) is 0 Å². The summed E-state index contributed by atoms with van der Waals surface area (Å²) in [7, 11) is 2.00. The van der Waals surface area contributed by atoms with E-state index < -0.39 is 14.6 Å². The fourth-order valence-electron chi connectivity index (χ4n) is 2.02. The van der Waals surface area contributed by atoms with Crippen LogP contribution in [-0.2, 0) is 4.57 Å². The molecule has 0 aromatic heterocycles. The molecular formula is C26H26BrCl4LiMgN4OP2. The molecule has 0 bridgehead atoms. The molecule has 0 fully saturated rings. The molecule has 204 valence electrons. The Hall–Kier alpha value is -0.376. The summed E-state index contributed by atoms with van der Waals surface area (Å²) in [5.74, 6) is 0. The molecule has 0 radical (unpaired) electrons. The number of rotatable bonds is 3. The van der Waals surface area contributed by atoms with Crippen LogP contribution in [0.1, 0.15) is 32.0 Å². The second-order valence-electron chi connectivity index (χ2n) is 6.87. The van der Waals surface area contributed by atoms with E-state index in [1.165, 1.54) is 0 Å². The first-order chi connectivity index (χ1) is 17.1. The van der Waals surface area contributed by atoms with Gasteiger partial charge in [0.15, 0.2) is 17.4 Å². The van der Waals surface area contributed by atoms with E-state index in [2.05, 4.69) is 15.9 Å². The average Bonchev–Trinajstić information content (AvgIpc) is 2.90. The van der Waals surface area contributed by atoms with Crippen LogP contribution in [0, 0.1) is 40.4 Å². The van der Waals surface area contributed by atoms with Gasteiger partial charge in [0.25, 0.3) is 0 Å². The van der Waals surface area contributed by atoms with Crippen molar-refractivity contribution in [2.75, 3.05) is 14.1 Å². The minimum Gasteiger partial charge on any atom is -1.00 e. The monoisotopic (exact) mass is 722 g/mol. The van der Waals surface area contributed by atoms with Gasteiger partial charge in [-0.15, -0.1) is 0 Å². The quantitative estimate of drug-likeness (QED) is 0.192. The van der Waals surface area contributed by atoms with Crippen LogP contribution >= 0.6 is 53.0 Å². The number of hydrogen-bond donors (Lipinski definition) is 0. The summed E-state index contributed by atoms with van der Waals surface area (Å²) >= 11 is 14.0. The zero-order valence-corrected chi connectivity index (χ0v) is 30.5. The van der Waals surface area contributed by atoms with E-state index in [0.717, 1.165) is 4.47 Å². The minimum atomic E-state index is -1.67.